The molecule has 0 bridgehead atoms. The third kappa shape index (κ3) is 3.14. The number of hydrogen-bond donors (Lipinski definition) is 0. The zero-order chi connectivity index (χ0) is 14.1. The molecule has 112 valence electrons. The van der Waals surface area contributed by atoms with Gasteiger partial charge < -0.3 is 4.90 Å². The molecule has 21 heavy (non-hydrogen) atoms. The first-order valence-corrected chi connectivity index (χ1v) is 7.46. The molecule has 2 atom stereocenters. The van der Waals surface area contributed by atoms with Gasteiger partial charge in [-0.15, -0.1) is 12.4 Å². The maximum absolute atomic E-state index is 2.38. The molecule has 3 rings (SSSR count). The SMILES string of the molecule is Cc1ccccc1[C@H]1C[C@H](N(C)C)Cc2ccccc21.Cl. The Morgan fingerprint density at radius 3 is 2.19 bits per heavy atom. The Balaban J connectivity index is 0.00000161. The Kier molecular flexibility index (Phi) is 5.08. The molecule has 0 radical (unpaired) electrons. The lowest BCUT2D eigenvalue weighted by Gasteiger charge is -2.36. The molecule has 0 saturated carbocycles. The van der Waals surface area contributed by atoms with E-state index in [4.69, 9.17) is 0 Å². The normalized spacial score (nSPS) is 20.8. The lowest BCUT2D eigenvalue weighted by atomic mass is 9.75. The van der Waals surface area contributed by atoms with Gasteiger partial charge in [0, 0.05) is 12.0 Å². The summed E-state index contributed by atoms with van der Waals surface area (Å²) >= 11 is 0. The third-order valence-corrected chi connectivity index (χ3v) is 4.69. The van der Waals surface area contributed by atoms with Crippen molar-refractivity contribution in [3.05, 3.63) is 70.8 Å². The van der Waals surface area contributed by atoms with Crippen molar-refractivity contribution in [1.82, 2.24) is 4.90 Å². The van der Waals surface area contributed by atoms with Gasteiger partial charge in [0.2, 0.25) is 0 Å². The lowest BCUT2D eigenvalue weighted by Crippen LogP contribution is -2.35. The summed E-state index contributed by atoms with van der Waals surface area (Å²) in [5.74, 6) is 0.536. The fourth-order valence-corrected chi connectivity index (χ4v) is 3.46. The van der Waals surface area contributed by atoms with Crippen LogP contribution in [0.25, 0.3) is 0 Å². The first kappa shape index (κ1) is 16.1. The van der Waals surface area contributed by atoms with Gasteiger partial charge in [-0.2, -0.15) is 0 Å². The summed E-state index contributed by atoms with van der Waals surface area (Å²) in [6.07, 6.45) is 2.39. The zero-order valence-electron chi connectivity index (χ0n) is 13.0. The highest BCUT2D eigenvalue weighted by atomic mass is 35.5. The van der Waals surface area contributed by atoms with Crippen LogP contribution in [0.15, 0.2) is 48.5 Å². The number of likely N-dealkylation sites (N-methyl/N-ethyl adjacent to an activating group) is 1. The van der Waals surface area contributed by atoms with Gasteiger partial charge in [-0.05, 0) is 56.1 Å². The molecule has 0 fully saturated rings. The molecule has 2 aromatic carbocycles. The Morgan fingerprint density at radius 1 is 0.905 bits per heavy atom. The fraction of sp³-hybridized carbons (Fsp3) is 0.368. The summed E-state index contributed by atoms with van der Waals surface area (Å²) < 4.78 is 0. The lowest BCUT2D eigenvalue weighted by molar-refractivity contribution is 0.258. The van der Waals surface area contributed by atoms with Crippen molar-refractivity contribution in [2.45, 2.75) is 31.7 Å². The zero-order valence-corrected chi connectivity index (χ0v) is 13.9. The van der Waals surface area contributed by atoms with Crippen LogP contribution >= 0.6 is 12.4 Å². The predicted octanol–water partition coefficient (Wildman–Crippen LogP) is 4.43. The molecule has 0 N–H and O–H groups in total. The van der Waals surface area contributed by atoms with Crippen LogP contribution in [-0.4, -0.2) is 25.0 Å². The molecule has 1 aliphatic carbocycles. The van der Waals surface area contributed by atoms with E-state index in [9.17, 15) is 0 Å². The minimum absolute atomic E-state index is 0. The number of halogens is 1. The van der Waals surface area contributed by atoms with Crippen LogP contribution < -0.4 is 0 Å². The van der Waals surface area contributed by atoms with E-state index in [1.807, 2.05) is 0 Å². The maximum atomic E-state index is 2.38. The van der Waals surface area contributed by atoms with Gasteiger partial charge in [-0.3, -0.25) is 0 Å². The van der Waals surface area contributed by atoms with Gasteiger partial charge in [-0.1, -0.05) is 48.5 Å². The molecule has 0 aliphatic heterocycles. The first-order valence-electron chi connectivity index (χ1n) is 7.46. The van der Waals surface area contributed by atoms with Crippen LogP contribution in [0.1, 0.15) is 34.6 Å². The summed E-state index contributed by atoms with van der Waals surface area (Å²) in [6, 6.07) is 18.4. The van der Waals surface area contributed by atoms with Crippen molar-refractivity contribution in [3.8, 4) is 0 Å². The summed E-state index contributed by atoms with van der Waals surface area (Å²) in [5.41, 5.74) is 5.95. The van der Waals surface area contributed by atoms with Gasteiger partial charge >= 0.3 is 0 Å². The monoisotopic (exact) mass is 301 g/mol. The molecule has 2 aromatic rings. The van der Waals surface area contributed by atoms with Crippen molar-refractivity contribution in [2.24, 2.45) is 0 Å². The highest BCUT2D eigenvalue weighted by Crippen LogP contribution is 2.38. The van der Waals surface area contributed by atoms with Gasteiger partial charge in [0.25, 0.3) is 0 Å². The van der Waals surface area contributed by atoms with Crippen molar-refractivity contribution >= 4 is 12.4 Å². The molecule has 0 amide bonds. The molecule has 0 spiro atoms. The highest BCUT2D eigenvalue weighted by molar-refractivity contribution is 5.85. The Labute approximate surface area is 134 Å². The molecule has 0 unspecified atom stereocenters. The molecule has 0 aromatic heterocycles. The number of rotatable bonds is 2. The molecule has 1 aliphatic rings. The van der Waals surface area contributed by atoms with Gasteiger partial charge in [-0.25, -0.2) is 0 Å². The molecule has 0 saturated heterocycles. The van der Waals surface area contributed by atoms with Crippen molar-refractivity contribution in [2.75, 3.05) is 14.1 Å². The van der Waals surface area contributed by atoms with Crippen molar-refractivity contribution in [1.29, 1.82) is 0 Å². The first-order chi connectivity index (χ1) is 9.66. The smallest absolute Gasteiger partial charge is 0.0139 e. The van der Waals surface area contributed by atoms with Crippen molar-refractivity contribution < 1.29 is 0 Å². The van der Waals surface area contributed by atoms with E-state index >= 15 is 0 Å². The summed E-state index contributed by atoms with van der Waals surface area (Å²) in [7, 11) is 4.40. The topological polar surface area (TPSA) is 3.24 Å². The number of benzene rings is 2. The van der Waals surface area contributed by atoms with E-state index < -0.39 is 0 Å². The van der Waals surface area contributed by atoms with Crippen LogP contribution in [-0.2, 0) is 6.42 Å². The Morgan fingerprint density at radius 2 is 1.52 bits per heavy atom. The second kappa shape index (κ2) is 6.64. The minimum atomic E-state index is 0. The van der Waals surface area contributed by atoms with E-state index in [0.717, 1.165) is 0 Å². The van der Waals surface area contributed by atoms with E-state index in [-0.39, 0.29) is 12.4 Å². The quantitative estimate of drug-likeness (QED) is 0.793. The number of fused-ring (bicyclic) bond motifs is 1. The maximum Gasteiger partial charge on any atom is 0.0139 e. The predicted molar refractivity (Wildman–Crippen MR) is 92.5 cm³/mol. The Hall–Kier alpha value is -1.31. The second-order valence-corrected chi connectivity index (χ2v) is 6.17. The Bertz CT molecular complexity index is 606. The summed E-state index contributed by atoms with van der Waals surface area (Å²) in [5, 5.41) is 0. The van der Waals surface area contributed by atoms with E-state index in [0.29, 0.717) is 12.0 Å². The molecule has 2 heteroatoms. The van der Waals surface area contributed by atoms with E-state index in [1.165, 1.54) is 35.1 Å². The van der Waals surface area contributed by atoms with Gasteiger partial charge in [0.05, 0.1) is 0 Å². The molecular weight excluding hydrogens is 278 g/mol. The fourth-order valence-electron chi connectivity index (χ4n) is 3.46. The molecular formula is C19H24ClN. The third-order valence-electron chi connectivity index (χ3n) is 4.69. The van der Waals surface area contributed by atoms with Crippen LogP contribution in [0.5, 0.6) is 0 Å². The van der Waals surface area contributed by atoms with E-state index in [1.54, 1.807) is 0 Å². The van der Waals surface area contributed by atoms with Crippen LogP contribution in [0.4, 0.5) is 0 Å². The van der Waals surface area contributed by atoms with Crippen molar-refractivity contribution in [3.63, 3.8) is 0 Å². The number of hydrogen-bond acceptors (Lipinski definition) is 1. The summed E-state index contributed by atoms with van der Waals surface area (Å²) in [4.78, 5) is 2.38. The average Bonchev–Trinajstić information content (AvgIpc) is 2.46. The van der Waals surface area contributed by atoms with Gasteiger partial charge in [0.1, 0.15) is 0 Å². The summed E-state index contributed by atoms with van der Waals surface area (Å²) in [6.45, 7) is 2.23. The molecule has 1 nitrogen and oxygen atoms in total. The molecule has 0 heterocycles. The highest BCUT2D eigenvalue weighted by Gasteiger charge is 2.29. The van der Waals surface area contributed by atoms with E-state index in [2.05, 4.69) is 74.4 Å². The van der Waals surface area contributed by atoms with Gasteiger partial charge in [0.15, 0.2) is 0 Å². The second-order valence-electron chi connectivity index (χ2n) is 6.17. The van der Waals surface area contributed by atoms with Crippen LogP contribution in [0.3, 0.4) is 0 Å². The number of nitrogens with zero attached hydrogens (tertiary/aromatic N) is 1. The van der Waals surface area contributed by atoms with Crippen LogP contribution in [0.2, 0.25) is 0 Å². The number of aryl methyl sites for hydroxylation is 1. The van der Waals surface area contributed by atoms with Crippen LogP contribution in [0, 0.1) is 6.92 Å². The largest absolute Gasteiger partial charge is 0.306 e. The minimum Gasteiger partial charge on any atom is -0.306 e. The average molecular weight is 302 g/mol. The standard InChI is InChI=1S/C19H23N.ClH/c1-14-8-4-6-10-17(14)19-13-16(20(2)3)12-15-9-5-7-11-18(15)19;/h4-11,16,19H,12-13H2,1-3H3;1H/t16-,19-;/m1./s1.